The Labute approximate surface area is 789 Å². The van der Waals surface area contributed by atoms with Crippen molar-refractivity contribution >= 4 is 231 Å². The average Bonchev–Trinajstić information content (AvgIpc) is 1.52. The maximum absolute atomic E-state index is 7.66. The third-order valence-electron chi connectivity index (χ3n) is 29.1. The highest BCUT2D eigenvalue weighted by molar-refractivity contribution is 6.38. The predicted molar refractivity (Wildman–Crippen MR) is 579 cm³/mol. The minimum atomic E-state index is -0.00270. The molecule has 0 fully saturated rings. The Bertz CT molecular complexity index is 9210. The molecule has 0 saturated heterocycles. The second-order valence-electron chi connectivity index (χ2n) is 41.8. The number of fused-ring (bicyclic) bond motifs is 24. The van der Waals surface area contributed by atoms with Gasteiger partial charge in [-0.2, -0.15) is 0 Å². The van der Waals surface area contributed by atoms with Crippen LogP contribution in [-0.2, 0) is 21.7 Å². The molecule has 0 aliphatic carbocycles. The van der Waals surface area contributed by atoms with Gasteiger partial charge < -0.3 is 37.2 Å². The zero-order chi connectivity index (χ0) is 91.8. The first-order valence-electron chi connectivity index (χ1n) is 47.7. The van der Waals surface area contributed by atoms with E-state index in [0.29, 0.717) is 0 Å². The highest BCUT2D eigenvalue weighted by atomic mass is 16.3. The fourth-order valence-electron chi connectivity index (χ4n) is 22.2. The molecule has 654 valence electrons. The average molecular weight is 1750 g/mol. The van der Waals surface area contributed by atoms with Crippen LogP contribution in [-0.4, -0.2) is 8.80 Å². The molecule has 0 spiro atoms. The van der Waals surface area contributed by atoms with Crippen LogP contribution in [0.4, 0.5) is 68.2 Å². The zero-order valence-corrected chi connectivity index (χ0v) is 78.5. The Morgan fingerprint density at radius 1 is 0.191 bits per heavy atom. The molecule has 26 aromatic rings. The number of rotatable bonds is 13. The summed E-state index contributed by atoms with van der Waals surface area (Å²) in [6, 6.07) is 146. The molecule has 8 nitrogen and oxygen atoms in total. The van der Waals surface area contributed by atoms with Crippen molar-refractivity contribution in [3.63, 3.8) is 0 Å². The van der Waals surface area contributed by atoms with Crippen molar-refractivity contribution in [1.29, 1.82) is 0 Å². The van der Waals surface area contributed by atoms with E-state index in [9.17, 15) is 0 Å². The smallest absolute Gasteiger partial charge is 0.143 e. The van der Waals surface area contributed by atoms with Crippen LogP contribution in [0.5, 0.6) is 0 Å². The largest absolute Gasteiger partial charge is 0.456 e. The van der Waals surface area contributed by atoms with Gasteiger partial charge in [-0.05, 0) is 305 Å². The van der Waals surface area contributed by atoms with Crippen molar-refractivity contribution in [2.24, 2.45) is 0 Å². The van der Waals surface area contributed by atoms with Crippen LogP contribution in [0.3, 0.4) is 0 Å². The summed E-state index contributed by atoms with van der Waals surface area (Å²) in [6.07, 6.45) is 0. The number of hydrogen-bond donors (Lipinski definition) is 0. The molecule has 0 amide bonds. The van der Waals surface area contributed by atoms with Crippen LogP contribution >= 0.6 is 0 Å². The third-order valence-corrected chi connectivity index (χ3v) is 29.1. The third kappa shape index (κ3) is 12.8. The van der Waals surface area contributed by atoms with E-state index >= 15 is 0 Å². The molecule has 0 aliphatic heterocycles. The van der Waals surface area contributed by atoms with Crippen LogP contribution < -0.4 is 19.6 Å². The van der Waals surface area contributed by atoms with E-state index in [-0.39, 0.29) is 21.7 Å². The highest BCUT2D eigenvalue weighted by Crippen LogP contribution is 2.54. The van der Waals surface area contributed by atoms with E-state index in [2.05, 4.69) is 500 Å². The molecule has 0 bridgehead atoms. The molecule has 0 saturated carbocycles. The van der Waals surface area contributed by atoms with Gasteiger partial charge in [-0.25, -0.2) is 0 Å². The van der Waals surface area contributed by atoms with Crippen LogP contribution in [0.15, 0.2) is 397 Å². The summed E-state index contributed by atoms with van der Waals surface area (Å²) >= 11 is 0. The van der Waals surface area contributed by atoms with Gasteiger partial charge in [0.2, 0.25) is 0 Å². The fourth-order valence-corrected chi connectivity index (χ4v) is 22.2. The van der Waals surface area contributed by atoms with Gasteiger partial charge in [-0.15, -0.1) is 0 Å². The Morgan fingerprint density at radius 3 is 0.868 bits per heavy atom. The molecule has 8 heteroatoms. The molecule has 6 heterocycles. The van der Waals surface area contributed by atoms with E-state index in [1.54, 1.807) is 0 Å². The number of nitrogens with zero attached hydrogens (tertiary/aromatic N) is 6. The minimum absolute atomic E-state index is 0.00243. The number of furan rings is 2. The van der Waals surface area contributed by atoms with Crippen molar-refractivity contribution in [2.75, 3.05) is 19.6 Å². The first kappa shape index (κ1) is 80.7. The number of para-hydroxylation sites is 5. The molecule has 0 N–H and O–H groups in total. The maximum Gasteiger partial charge on any atom is 0.143 e. The van der Waals surface area contributed by atoms with E-state index in [0.717, 1.165) is 188 Å². The van der Waals surface area contributed by atoms with Gasteiger partial charge in [0.15, 0.2) is 0 Å². The summed E-state index contributed by atoms with van der Waals surface area (Å²) in [6.45, 7) is 27.5. The van der Waals surface area contributed by atoms with Crippen LogP contribution in [0, 0.1) is 0 Å². The van der Waals surface area contributed by atoms with Crippen molar-refractivity contribution < 1.29 is 8.83 Å². The lowest BCUT2D eigenvalue weighted by Crippen LogP contribution is -2.14. The highest BCUT2D eigenvalue weighted by Gasteiger charge is 2.31. The molecular formula is C128H100N6O2. The Balaban J connectivity index is 0.643. The molecule has 26 rings (SSSR count). The van der Waals surface area contributed by atoms with Crippen molar-refractivity contribution in [3.05, 3.63) is 411 Å². The monoisotopic (exact) mass is 1750 g/mol. The Kier molecular flexibility index (Phi) is 17.6. The summed E-state index contributed by atoms with van der Waals surface area (Å²) in [7, 11) is 0. The Morgan fingerprint density at radius 2 is 0.485 bits per heavy atom. The topological polar surface area (TPSA) is 48.1 Å². The molecule has 0 unspecified atom stereocenters. The molecule has 136 heavy (non-hydrogen) atoms. The molecule has 0 aliphatic rings. The molecule has 0 radical (unpaired) electrons. The lowest BCUT2D eigenvalue weighted by molar-refractivity contribution is 0.590. The van der Waals surface area contributed by atoms with Gasteiger partial charge in [0.05, 0.1) is 33.1 Å². The van der Waals surface area contributed by atoms with Crippen LogP contribution in [0.25, 0.3) is 174 Å². The van der Waals surface area contributed by atoms with E-state index < -0.39 is 0 Å². The van der Waals surface area contributed by atoms with Crippen molar-refractivity contribution in [3.8, 4) is 11.1 Å². The maximum atomic E-state index is 7.66. The van der Waals surface area contributed by atoms with Crippen molar-refractivity contribution in [1.82, 2.24) is 8.80 Å². The van der Waals surface area contributed by atoms with Gasteiger partial charge in [-0.3, -0.25) is 0 Å². The molecule has 0 atom stereocenters. The first-order valence-corrected chi connectivity index (χ1v) is 47.7. The molecule has 20 aromatic carbocycles. The summed E-state index contributed by atoms with van der Waals surface area (Å²) < 4.78 is 19.7. The fraction of sp³-hybridized carbons (Fsp3) is 0.125. The number of benzene rings is 20. The summed E-state index contributed by atoms with van der Waals surface area (Å²) in [4.78, 5) is 9.62. The van der Waals surface area contributed by atoms with Gasteiger partial charge in [-0.1, -0.05) is 259 Å². The first-order chi connectivity index (χ1) is 65.9. The van der Waals surface area contributed by atoms with Gasteiger partial charge >= 0.3 is 0 Å². The quantitative estimate of drug-likeness (QED) is 0.115. The molecule has 6 aromatic heterocycles. The van der Waals surface area contributed by atoms with E-state index in [1.165, 1.54) is 76.4 Å². The van der Waals surface area contributed by atoms with E-state index in [1.807, 2.05) is 0 Å². The summed E-state index contributed by atoms with van der Waals surface area (Å²) in [5.41, 5.74) is 30.7. The zero-order valence-electron chi connectivity index (χ0n) is 78.5. The van der Waals surface area contributed by atoms with Gasteiger partial charge in [0.25, 0.3) is 0 Å². The predicted octanol–water partition coefficient (Wildman–Crippen LogP) is 37.1. The van der Waals surface area contributed by atoms with Gasteiger partial charge in [0, 0.05) is 138 Å². The summed E-state index contributed by atoms with van der Waals surface area (Å²) in [5.74, 6) is 0. The normalized spacial score (nSPS) is 12.7. The SMILES string of the molecule is CC(C)(C)c1ccc(N(c2ccc(C(C)(C)C)cc2)c2ccc3cc4c5cc6oc7c(-c8cccc(N(c9ccccc9)c9ccc%10cc%11c%12c%13c(cc%14c%15cc%16ccc(N(c%17ccccc%17)c%17ccccc%17)cc%16cc%15n(c%11cc%10c9)c%14%12)oc9ccccc9%13)c8)cccc7c6c6c7cc8ccc(N(c9ccc(C(C)(C)C)cc9)c9ccc(C(C)(C)C)cc9)cc8cc7n(c4cc3c2)c56)cc1. The number of anilines is 12. The second-order valence-corrected chi connectivity index (χ2v) is 41.8. The lowest BCUT2D eigenvalue weighted by atomic mass is 9.86. The second kappa shape index (κ2) is 29.7. The van der Waals surface area contributed by atoms with E-state index in [4.69, 9.17) is 8.83 Å². The number of aromatic nitrogens is 2. The minimum Gasteiger partial charge on any atom is -0.456 e. The van der Waals surface area contributed by atoms with Crippen LogP contribution in [0.2, 0.25) is 0 Å². The summed E-state index contributed by atoms with van der Waals surface area (Å²) in [5, 5.41) is 23.1. The van der Waals surface area contributed by atoms with Crippen molar-refractivity contribution in [2.45, 2.75) is 105 Å². The Hall–Kier alpha value is -16.2. The van der Waals surface area contributed by atoms with Gasteiger partial charge in [0.1, 0.15) is 22.3 Å². The lowest BCUT2D eigenvalue weighted by Gasteiger charge is -2.28. The number of hydrogen-bond acceptors (Lipinski definition) is 6. The van der Waals surface area contributed by atoms with Crippen LogP contribution in [0.1, 0.15) is 105 Å². The molecular weight excluding hydrogens is 1650 g/mol. The standard InChI is InChI=1S/C128H100N6O2/c1-125(2,3)86-42-54-93(55-43-86)130(94-56-44-87(45-57-94)126(4,5)6)99-51-39-78-68-106-108-76-117-119(121-110-70-79-40-52-100(65-84(79)73-114(110)134(123(108)121)112(106)72-83(78)64-99)131(95-58-46-88(47-59-95)127(7,8)9)96-60-48-89(49-61-96)128(10,11)12)104-36-25-35-102(124(104)136-117)81-26-24-33-97(62-81)132(92-31-20-15-21-32-92)101-53-41-80-69-109-113(74-85(80)66-101)133-111-71-82-63-98(129(90-27-16-13-17-28-90)91-29-18-14-19-30-91)50-38-77(82)67-105(111)107-75-116-118(120(109)122(107)133)103-34-22-23-37-115(103)135-116/h13-76H,1-12H3.